The molecule has 2 aromatic rings. The van der Waals surface area contributed by atoms with E-state index in [1.54, 1.807) is 0 Å². The molecule has 0 amide bonds. The maximum Gasteiger partial charge on any atom is 0.193 e. The third kappa shape index (κ3) is 5.32. The number of rotatable bonds is 5. The van der Waals surface area contributed by atoms with Crippen molar-refractivity contribution in [2.24, 2.45) is 10.7 Å². The van der Waals surface area contributed by atoms with Gasteiger partial charge in [-0.2, -0.15) is 0 Å². The quantitative estimate of drug-likeness (QED) is 0.442. The Morgan fingerprint density at radius 3 is 2.77 bits per heavy atom. The topological polar surface area (TPSA) is 76.4 Å². The summed E-state index contributed by atoms with van der Waals surface area (Å²) in [5, 5.41) is 7.08. The minimum absolute atomic E-state index is 0. The highest BCUT2D eigenvalue weighted by Crippen LogP contribution is 2.15. The molecule has 0 spiro atoms. The Morgan fingerprint density at radius 1 is 1.36 bits per heavy atom. The maximum absolute atomic E-state index is 5.89. The highest BCUT2D eigenvalue weighted by atomic mass is 127. The third-order valence-electron chi connectivity index (χ3n) is 3.18. The van der Waals surface area contributed by atoms with Gasteiger partial charge < -0.3 is 15.6 Å². The van der Waals surface area contributed by atoms with Crippen LogP contribution < -0.4 is 11.1 Å². The molecule has 0 unspecified atom stereocenters. The summed E-state index contributed by atoms with van der Waals surface area (Å²) in [7, 11) is 0. The lowest BCUT2D eigenvalue weighted by atomic mass is 10.1. The van der Waals surface area contributed by atoms with Gasteiger partial charge in [0.05, 0.1) is 5.69 Å². The van der Waals surface area contributed by atoms with Crippen LogP contribution in [-0.2, 0) is 13.0 Å². The molecule has 1 aromatic heterocycles. The highest BCUT2D eigenvalue weighted by molar-refractivity contribution is 14.0. The van der Waals surface area contributed by atoms with Crippen LogP contribution in [0.15, 0.2) is 39.8 Å². The summed E-state index contributed by atoms with van der Waals surface area (Å²) in [5.41, 5.74) is 9.02. The molecule has 0 aliphatic carbocycles. The second-order valence-corrected chi connectivity index (χ2v) is 5.25. The Kier molecular flexibility index (Phi) is 7.37. The summed E-state index contributed by atoms with van der Waals surface area (Å²) >= 11 is 0. The largest absolute Gasteiger partial charge is 0.370 e. The monoisotopic (exact) mass is 414 g/mol. The number of benzene rings is 1. The lowest BCUT2D eigenvalue weighted by molar-refractivity contribution is 0.376. The SMILES string of the molecule is CCc1cccc(NC(N)=NCc2cc(C(C)C)no2)c1.I. The molecule has 0 aliphatic rings. The van der Waals surface area contributed by atoms with E-state index < -0.39 is 0 Å². The van der Waals surface area contributed by atoms with E-state index in [2.05, 4.69) is 48.4 Å². The number of nitrogens with one attached hydrogen (secondary N) is 1. The van der Waals surface area contributed by atoms with Crippen LogP contribution in [0.1, 0.15) is 43.7 Å². The van der Waals surface area contributed by atoms with Crippen molar-refractivity contribution in [1.29, 1.82) is 0 Å². The van der Waals surface area contributed by atoms with Crippen LogP contribution in [0.5, 0.6) is 0 Å². The van der Waals surface area contributed by atoms with Crippen molar-refractivity contribution in [1.82, 2.24) is 5.16 Å². The highest BCUT2D eigenvalue weighted by Gasteiger charge is 2.07. The molecule has 0 radical (unpaired) electrons. The Morgan fingerprint density at radius 2 is 2.14 bits per heavy atom. The first-order valence-electron chi connectivity index (χ1n) is 7.20. The van der Waals surface area contributed by atoms with Gasteiger partial charge in [-0.15, -0.1) is 24.0 Å². The molecule has 120 valence electrons. The van der Waals surface area contributed by atoms with Crippen molar-refractivity contribution in [3.05, 3.63) is 47.3 Å². The fourth-order valence-electron chi connectivity index (χ4n) is 1.90. The van der Waals surface area contributed by atoms with Crippen molar-refractivity contribution in [2.75, 3.05) is 5.32 Å². The lowest BCUT2D eigenvalue weighted by Gasteiger charge is -2.06. The molecule has 1 heterocycles. The minimum Gasteiger partial charge on any atom is -0.370 e. The van der Waals surface area contributed by atoms with E-state index in [9.17, 15) is 0 Å². The first-order chi connectivity index (χ1) is 10.1. The average Bonchev–Trinajstić information content (AvgIpc) is 2.94. The van der Waals surface area contributed by atoms with Gasteiger partial charge >= 0.3 is 0 Å². The van der Waals surface area contributed by atoms with Gasteiger partial charge in [0.1, 0.15) is 6.54 Å². The number of aryl methyl sites for hydroxylation is 1. The Hall–Kier alpha value is -1.57. The van der Waals surface area contributed by atoms with Crippen molar-refractivity contribution in [3.63, 3.8) is 0 Å². The van der Waals surface area contributed by atoms with Crippen LogP contribution in [-0.4, -0.2) is 11.1 Å². The second kappa shape index (κ2) is 8.77. The molecule has 0 saturated heterocycles. The van der Waals surface area contributed by atoms with E-state index in [4.69, 9.17) is 10.3 Å². The number of guanidine groups is 1. The van der Waals surface area contributed by atoms with Crippen LogP contribution in [0, 0.1) is 0 Å². The molecule has 0 aliphatic heterocycles. The normalized spacial score (nSPS) is 11.4. The van der Waals surface area contributed by atoms with Crippen molar-refractivity contribution < 1.29 is 4.52 Å². The summed E-state index contributed by atoms with van der Waals surface area (Å²) in [6, 6.07) is 10.0. The molecule has 22 heavy (non-hydrogen) atoms. The standard InChI is InChI=1S/C16H22N4O.HI/c1-4-12-6-5-7-13(8-12)19-16(17)18-10-14-9-15(11(2)3)20-21-14;/h5-9,11H,4,10H2,1-3H3,(H3,17,18,19);1H. The van der Waals surface area contributed by atoms with Crippen LogP contribution in [0.25, 0.3) is 0 Å². The molecule has 0 fully saturated rings. The van der Waals surface area contributed by atoms with E-state index in [0.29, 0.717) is 24.2 Å². The lowest BCUT2D eigenvalue weighted by Crippen LogP contribution is -2.22. The Balaban J connectivity index is 0.00000242. The molecular formula is C16H23IN4O. The third-order valence-corrected chi connectivity index (χ3v) is 3.18. The zero-order chi connectivity index (χ0) is 15.2. The molecule has 0 atom stereocenters. The summed E-state index contributed by atoms with van der Waals surface area (Å²) < 4.78 is 5.22. The molecule has 0 saturated carbocycles. The van der Waals surface area contributed by atoms with E-state index in [0.717, 1.165) is 17.8 Å². The fraction of sp³-hybridized carbons (Fsp3) is 0.375. The summed E-state index contributed by atoms with van der Waals surface area (Å²) in [4.78, 5) is 4.27. The van der Waals surface area contributed by atoms with Gasteiger partial charge in [0.15, 0.2) is 11.7 Å². The predicted molar refractivity (Wildman–Crippen MR) is 101 cm³/mol. The number of nitrogens with two attached hydrogens (primary N) is 1. The number of hydrogen-bond donors (Lipinski definition) is 2. The number of aromatic nitrogens is 1. The average molecular weight is 414 g/mol. The summed E-state index contributed by atoms with van der Waals surface area (Å²) in [6.45, 7) is 6.64. The van der Waals surface area contributed by atoms with Gasteiger partial charge in [-0.1, -0.05) is 38.1 Å². The number of aliphatic imine (C=N–C) groups is 1. The molecule has 6 heteroatoms. The fourth-order valence-corrected chi connectivity index (χ4v) is 1.90. The van der Waals surface area contributed by atoms with Crippen molar-refractivity contribution in [3.8, 4) is 0 Å². The molecule has 0 bridgehead atoms. The van der Waals surface area contributed by atoms with E-state index in [1.165, 1.54) is 5.56 Å². The molecule has 1 aromatic carbocycles. The zero-order valence-electron chi connectivity index (χ0n) is 13.2. The van der Waals surface area contributed by atoms with E-state index >= 15 is 0 Å². The number of halogens is 1. The first-order valence-corrected chi connectivity index (χ1v) is 7.20. The number of hydrogen-bond acceptors (Lipinski definition) is 3. The zero-order valence-corrected chi connectivity index (χ0v) is 15.5. The van der Waals surface area contributed by atoms with Crippen LogP contribution in [0.3, 0.4) is 0 Å². The summed E-state index contributed by atoms with van der Waals surface area (Å²) in [6.07, 6.45) is 0.989. The van der Waals surface area contributed by atoms with Gasteiger partial charge in [-0.05, 0) is 30.0 Å². The molecule has 5 nitrogen and oxygen atoms in total. The maximum atomic E-state index is 5.89. The van der Waals surface area contributed by atoms with E-state index in [-0.39, 0.29) is 24.0 Å². The Bertz CT molecular complexity index is 622. The van der Waals surface area contributed by atoms with Gasteiger partial charge in [-0.3, -0.25) is 0 Å². The van der Waals surface area contributed by atoms with Gasteiger partial charge in [0, 0.05) is 11.8 Å². The Labute approximate surface area is 148 Å². The molecule has 3 N–H and O–H groups in total. The van der Waals surface area contributed by atoms with Crippen LogP contribution in [0.2, 0.25) is 0 Å². The van der Waals surface area contributed by atoms with Crippen molar-refractivity contribution in [2.45, 2.75) is 39.7 Å². The van der Waals surface area contributed by atoms with Gasteiger partial charge in [0.25, 0.3) is 0 Å². The van der Waals surface area contributed by atoms with Crippen LogP contribution >= 0.6 is 24.0 Å². The van der Waals surface area contributed by atoms with E-state index in [1.807, 2.05) is 18.2 Å². The molecular weight excluding hydrogens is 391 g/mol. The summed E-state index contributed by atoms with van der Waals surface area (Å²) in [5.74, 6) is 1.43. The number of anilines is 1. The van der Waals surface area contributed by atoms with Gasteiger partial charge in [-0.25, -0.2) is 4.99 Å². The second-order valence-electron chi connectivity index (χ2n) is 5.25. The minimum atomic E-state index is 0. The number of nitrogens with zero attached hydrogens (tertiary/aromatic N) is 2. The molecule has 2 rings (SSSR count). The first kappa shape index (κ1) is 18.5. The predicted octanol–water partition coefficient (Wildman–Crippen LogP) is 3.91. The smallest absolute Gasteiger partial charge is 0.193 e. The van der Waals surface area contributed by atoms with Crippen LogP contribution in [0.4, 0.5) is 5.69 Å². The van der Waals surface area contributed by atoms with Crippen molar-refractivity contribution >= 4 is 35.6 Å². The van der Waals surface area contributed by atoms with Gasteiger partial charge in [0.2, 0.25) is 0 Å².